The van der Waals surface area contributed by atoms with Gasteiger partial charge in [0.2, 0.25) is 6.29 Å². The van der Waals surface area contributed by atoms with Crippen molar-refractivity contribution in [1.29, 1.82) is 0 Å². The molecule has 1 fully saturated rings. The molecule has 0 amide bonds. The number of nitrogens with one attached hydrogen (secondary N) is 1. The molecule has 1 saturated heterocycles. The minimum Gasteiger partial charge on any atom is -0.304 e. The Balaban J connectivity index is 2.28. The lowest BCUT2D eigenvalue weighted by molar-refractivity contribution is 0.519. The van der Waals surface area contributed by atoms with Gasteiger partial charge in [-0.05, 0) is 19.3 Å². The molecular formula is C7H12NO. The summed E-state index contributed by atoms with van der Waals surface area (Å²) >= 11 is 0. The molecule has 1 unspecified atom stereocenters. The number of hydrogen-bond acceptors (Lipinski definition) is 2. The molecule has 0 aliphatic carbocycles. The average molecular weight is 126 g/mol. The highest BCUT2D eigenvalue weighted by Gasteiger charge is 2.21. The summed E-state index contributed by atoms with van der Waals surface area (Å²) in [5.41, 5.74) is 0. The molecule has 1 heterocycles. The fraction of sp³-hybridized carbons (Fsp3) is 0.857. The summed E-state index contributed by atoms with van der Waals surface area (Å²) in [4.78, 5) is 10.1. The van der Waals surface area contributed by atoms with E-state index < -0.39 is 0 Å². The lowest BCUT2D eigenvalue weighted by atomic mass is 10.2. The summed E-state index contributed by atoms with van der Waals surface area (Å²) in [7, 11) is 0. The van der Waals surface area contributed by atoms with Crippen LogP contribution in [-0.2, 0) is 4.79 Å². The molecule has 2 atom stereocenters. The van der Waals surface area contributed by atoms with Crippen LogP contribution in [-0.4, -0.2) is 18.4 Å². The number of rotatable bonds is 2. The summed E-state index contributed by atoms with van der Waals surface area (Å²) in [6.07, 6.45) is 5.20. The van der Waals surface area contributed by atoms with E-state index in [-0.39, 0.29) is 6.04 Å². The van der Waals surface area contributed by atoms with Crippen LogP contribution >= 0.6 is 0 Å². The van der Waals surface area contributed by atoms with Crippen molar-refractivity contribution in [2.45, 2.75) is 38.3 Å². The van der Waals surface area contributed by atoms with Crippen LogP contribution in [0.5, 0.6) is 0 Å². The average Bonchev–Trinajstić information content (AvgIpc) is 2.34. The van der Waals surface area contributed by atoms with Crippen LogP contribution in [0.1, 0.15) is 26.2 Å². The summed E-state index contributed by atoms with van der Waals surface area (Å²) < 4.78 is 0. The Hall–Kier alpha value is -0.370. The normalized spacial score (nSPS) is 34.8. The molecule has 9 heavy (non-hydrogen) atoms. The van der Waals surface area contributed by atoms with Gasteiger partial charge in [0.15, 0.2) is 0 Å². The molecule has 1 aliphatic heterocycles. The Bertz CT molecular complexity index is 103. The predicted molar refractivity (Wildman–Crippen MR) is 35.9 cm³/mol. The van der Waals surface area contributed by atoms with E-state index in [1.54, 1.807) is 0 Å². The van der Waals surface area contributed by atoms with Gasteiger partial charge in [0, 0.05) is 6.04 Å². The molecule has 1 rings (SSSR count). The Kier molecular flexibility index (Phi) is 2.22. The van der Waals surface area contributed by atoms with E-state index in [2.05, 4.69) is 12.2 Å². The largest absolute Gasteiger partial charge is 0.304 e. The molecule has 2 heteroatoms. The van der Waals surface area contributed by atoms with Gasteiger partial charge in [-0.15, -0.1) is 0 Å². The second-order valence-electron chi connectivity index (χ2n) is 2.52. The van der Waals surface area contributed by atoms with Gasteiger partial charge in [-0.1, -0.05) is 6.92 Å². The molecule has 0 aromatic carbocycles. The molecular weight excluding hydrogens is 114 g/mol. The van der Waals surface area contributed by atoms with Crippen LogP contribution in [0, 0.1) is 0 Å². The maximum atomic E-state index is 10.1. The van der Waals surface area contributed by atoms with Crippen molar-refractivity contribution in [3.8, 4) is 0 Å². The van der Waals surface area contributed by atoms with Gasteiger partial charge < -0.3 is 5.32 Å². The number of hydrogen-bond donors (Lipinski definition) is 1. The Morgan fingerprint density at radius 3 is 2.78 bits per heavy atom. The molecule has 1 N–H and O–H groups in total. The van der Waals surface area contributed by atoms with Crippen molar-refractivity contribution in [3.05, 3.63) is 0 Å². The maximum absolute atomic E-state index is 10.1. The van der Waals surface area contributed by atoms with Gasteiger partial charge in [-0.2, -0.15) is 0 Å². The molecule has 0 bridgehead atoms. The van der Waals surface area contributed by atoms with E-state index in [9.17, 15) is 4.79 Å². The zero-order valence-corrected chi connectivity index (χ0v) is 5.68. The molecule has 0 spiro atoms. The van der Waals surface area contributed by atoms with Crippen molar-refractivity contribution in [2.75, 3.05) is 0 Å². The summed E-state index contributed by atoms with van der Waals surface area (Å²) in [6, 6.07) is 0.589. The molecule has 51 valence electrons. The third-order valence-electron chi connectivity index (χ3n) is 1.88. The minimum atomic E-state index is 0.0231. The highest BCUT2D eigenvalue weighted by molar-refractivity contribution is 5.59. The quantitative estimate of drug-likeness (QED) is 0.588. The van der Waals surface area contributed by atoms with E-state index in [1.165, 1.54) is 0 Å². The monoisotopic (exact) mass is 126 g/mol. The number of carbonyl (C=O) groups excluding carboxylic acids is 1. The van der Waals surface area contributed by atoms with Crippen LogP contribution < -0.4 is 5.32 Å². The fourth-order valence-electron chi connectivity index (χ4n) is 1.23. The topological polar surface area (TPSA) is 29.1 Å². The van der Waals surface area contributed by atoms with Crippen molar-refractivity contribution in [1.82, 2.24) is 5.32 Å². The smallest absolute Gasteiger partial charge is 0.216 e. The Morgan fingerprint density at radius 1 is 1.67 bits per heavy atom. The first kappa shape index (κ1) is 6.75. The van der Waals surface area contributed by atoms with Gasteiger partial charge in [0.25, 0.3) is 0 Å². The van der Waals surface area contributed by atoms with E-state index in [4.69, 9.17) is 0 Å². The van der Waals surface area contributed by atoms with Gasteiger partial charge in [0.1, 0.15) is 0 Å². The zero-order chi connectivity index (χ0) is 6.69. The molecule has 0 aromatic rings. The van der Waals surface area contributed by atoms with Crippen molar-refractivity contribution < 1.29 is 4.79 Å². The van der Waals surface area contributed by atoms with Crippen LogP contribution in [0.2, 0.25) is 0 Å². The zero-order valence-electron chi connectivity index (χ0n) is 5.68. The van der Waals surface area contributed by atoms with Crippen LogP contribution in [0.4, 0.5) is 0 Å². The van der Waals surface area contributed by atoms with E-state index in [1.807, 2.05) is 6.29 Å². The van der Waals surface area contributed by atoms with Gasteiger partial charge >= 0.3 is 0 Å². The van der Waals surface area contributed by atoms with Gasteiger partial charge in [-0.3, -0.25) is 4.79 Å². The third-order valence-corrected chi connectivity index (χ3v) is 1.88. The summed E-state index contributed by atoms with van der Waals surface area (Å²) in [5.74, 6) is 0. The van der Waals surface area contributed by atoms with Gasteiger partial charge in [-0.25, -0.2) is 0 Å². The maximum Gasteiger partial charge on any atom is 0.216 e. The Labute approximate surface area is 55.6 Å². The third kappa shape index (κ3) is 1.52. The lowest BCUT2D eigenvalue weighted by Crippen LogP contribution is -2.29. The molecule has 0 saturated carbocycles. The van der Waals surface area contributed by atoms with E-state index in [0.29, 0.717) is 6.04 Å². The van der Waals surface area contributed by atoms with Gasteiger partial charge in [0.05, 0.1) is 6.04 Å². The standard InChI is InChI=1S/C7H12NO/c1-2-6-3-4-7(5-9)8-6/h6-8H,2-4H2,1H3/t6?,7-/m0/s1. The molecule has 1 aliphatic rings. The summed E-state index contributed by atoms with van der Waals surface area (Å²) in [6.45, 7) is 2.13. The lowest BCUT2D eigenvalue weighted by Gasteiger charge is -2.05. The summed E-state index contributed by atoms with van der Waals surface area (Å²) in [5, 5.41) is 3.17. The second kappa shape index (κ2) is 2.97. The first-order valence-corrected chi connectivity index (χ1v) is 3.50. The fourth-order valence-corrected chi connectivity index (χ4v) is 1.23. The SMILES string of the molecule is CCC1CC[C@@H]([C]=O)N1. The van der Waals surface area contributed by atoms with Crippen LogP contribution in [0.15, 0.2) is 0 Å². The highest BCUT2D eigenvalue weighted by Crippen LogP contribution is 2.12. The van der Waals surface area contributed by atoms with Crippen LogP contribution in [0.25, 0.3) is 0 Å². The minimum absolute atomic E-state index is 0.0231. The molecule has 2 nitrogen and oxygen atoms in total. The van der Waals surface area contributed by atoms with E-state index in [0.717, 1.165) is 19.3 Å². The predicted octanol–water partition coefficient (Wildman–Crippen LogP) is 0.627. The second-order valence-corrected chi connectivity index (χ2v) is 2.52. The molecule has 0 aromatic heterocycles. The van der Waals surface area contributed by atoms with Crippen molar-refractivity contribution >= 4 is 6.29 Å². The highest BCUT2D eigenvalue weighted by atomic mass is 16.1. The molecule has 1 radical (unpaired) electrons. The van der Waals surface area contributed by atoms with Crippen molar-refractivity contribution in [3.63, 3.8) is 0 Å². The van der Waals surface area contributed by atoms with E-state index >= 15 is 0 Å². The van der Waals surface area contributed by atoms with Crippen molar-refractivity contribution in [2.24, 2.45) is 0 Å². The first-order valence-electron chi connectivity index (χ1n) is 3.50. The van der Waals surface area contributed by atoms with Crippen LogP contribution in [0.3, 0.4) is 0 Å². The first-order chi connectivity index (χ1) is 4.36. The Morgan fingerprint density at radius 2 is 2.44 bits per heavy atom.